The zero-order valence-corrected chi connectivity index (χ0v) is 23.6. The maximum Gasteiger partial charge on any atom is 0.255 e. The summed E-state index contributed by atoms with van der Waals surface area (Å²) in [5.74, 6) is -7.94. The van der Waals surface area contributed by atoms with Crippen LogP contribution in [0.5, 0.6) is 5.75 Å². The minimum absolute atomic E-state index is 0.0215. The van der Waals surface area contributed by atoms with E-state index in [9.17, 15) is 34.8 Å². The van der Waals surface area contributed by atoms with E-state index in [1.54, 1.807) is 19.0 Å². The summed E-state index contributed by atoms with van der Waals surface area (Å²) in [7, 11) is 6.52. The van der Waals surface area contributed by atoms with Crippen molar-refractivity contribution in [2.75, 3.05) is 39.0 Å². The van der Waals surface area contributed by atoms with Gasteiger partial charge in [-0.1, -0.05) is 0 Å². The van der Waals surface area contributed by atoms with E-state index in [2.05, 4.69) is 9.98 Å². The number of amidine groups is 1. The molecule has 0 radical (unpaired) electrons. The van der Waals surface area contributed by atoms with Crippen LogP contribution in [0.25, 0.3) is 5.76 Å². The van der Waals surface area contributed by atoms with Gasteiger partial charge in [-0.3, -0.25) is 19.3 Å². The number of likely N-dealkylation sites (N-methyl/N-ethyl adjacent to an activating group) is 1. The number of amides is 1. The van der Waals surface area contributed by atoms with Crippen LogP contribution in [0.2, 0.25) is 0 Å². The quantitative estimate of drug-likeness (QED) is 0.101. The molecule has 3 aliphatic carbocycles. The van der Waals surface area contributed by atoms with Gasteiger partial charge >= 0.3 is 0 Å². The van der Waals surface area contributed by atoms with Crippen molar-refractivity contribution in [1.82, 2.24) is 4.90 Å². The summed E-state index contributed by atoms with van der Waals surface area (Å²) in [6.45, 7) is 0. The van der Waals surface area contributed by atoms with Gasteiger partial charge in [0.25, 0.3) is 5.91 Å². The number of alkyl halides is 1. The molecule has 1 saturated carbocycles. The van der Waals surface area contributed by atoms with Crippen molar-refractivity contribution in [2.45, 2.75) is 24.5 Å². The molecule has 4 atom stereocenters. The molecule has 1 fully saturated rings. The molecule has 14 nitrogen and oxygen atoms in total. The smallest absolute Gasteiger partial charge is 0.255 e. The number of primary amides is 1. The van der Waals surface area contributed by atoms with Gasteiger partial charge in [-0.05, 0) is 44.5 Å². The maximum atomic E-state index is 14.0. The highest BCUT2D eigenvalue weighted by Crippen LogP contribution is 2.54. The minimum atomic E-state index is -2.74. The number of aromatic hydroxyl groups is 1. The number of phenols is 1. The molecule has 0 bridgehead atoms. The van der Waals surface area contributed by atoms with Crippen molar-refractivity contribution < 1.29 is 34.8 Å². The summed E-state index contributed by atoms with van der Waals surface area (Å²) < 4.78 is 0. The Hall–Kier alpha value is -4.14. The SMILES string of the molecule is CN(C)c1cc(N=C(N)/N=C(\N)CCl)c(O)c2c1C[C@H]1C[C@H]3[C@H](N(C)C)C(=O)C(C(N)=O)=C(O)[C@@]3(O)C(=O)C1=C2O. The zero-order valence-electron chi connectivity index (χ0n) is 22.8. The summed E-state index contributed by atoms with van der Waals surface area (Å²) in [6, 6.07) is 0.350. The van der Waals surface area contributed by atoms with Crippen molar-refractivity contribution >= 4 is 58.0 Å². The number of rotatable bonds is 5. The number of Topliss-reactive ketones (excluding diaryl/α,β-unsaturated/α-hetero) is 2. The van der Waals surface area contributed by atoms with Crippen LogP contribution < -0.4 is 22.1 Å². The lowest BCUT2D eigenvalue weighted by Gasteiger charge is -2.50. The van der Waals surface area contributed by atoms with Crippen LogP contribution in [0.15, 0.2) is 33.0 Å². The van der Waals surface area contributed by atoms with Crippen LogP contribution in [0, 0.1) is 11.8 Å². The first kappa shape index (κ1) is 29.8. The minimum Gasteiger partial charge on any atom is -0.508 e. The molecule has 0 aliphatic heterocycles. The maximum absolute atomic E-state index is 14.0. The van der Waals surface area contributed by atoms with E-state index in [4.69, 9.17) is 28.8 Å². The lowest BCUT2D eigenvalue weighted by molar-refractivity contribution is -0.153. The van der Waals surface area contributed by atoms with Crippen molar-refractivity contribution in [3.63, 3.8) is 0 Å². The number of nitrogens with two attached hydrogens (primary N) is 3. The van der Waals surface area contributed by atoms with E-state index in [1.165, 1.54) is 25.1 Å². The van der Waals surface area contributed by atoms with Crippen molar-refractivity contribution in [2.24, 2.45) is 39.0 Å². The monoisotopic (exact) mass is 589 g/mol. The molecule has 1 aromatic rings. The molecule has 0 aromatic heterocycles. The number of aliphatic hydroxyl groups is 3. The summed E-state index contributed by atoms with van der Waals surface area (Å²) in [5.41, 5.74) is 13.7. The molecule has 0 spiro atoms. The predicted molar refractivity (Wildman–Crippen MR) is 152 cm³/mol. The first-order valence-electron chi connectivity index (χ1n) is 12.5. The molecule has 220 valence electrons. The summed E-state index contributed by atoms with van der Waals surface area (Å²) in [4.78, 5) is 50.4. The molecule has 3 aliphatic rings. The Morgan fingerprint density at radius 1 is 1.15 bits per heavy atom. The third kappa shape index (κ3) is 4.47. The Labute approximate surface area is 240 Å². The first-order valence-corrected chi connectivity index (χ1v) is 13.0. The van der Waals surface area contributed by atoms with Gasteiger partial charge in [0.15, 0.2) is 17.1 Å². The fourth-order valence-electron chi connectivity index (χ4n) is 6.09. The number of phenolic OH excluding ortho intramolecular Hbond substituents is 1. The second-order valence-corrected chi connectivity index (χ2v) is 10.9. The number of nitrogens with zero attached hydrogens (tertiary/aromatic N) is 4. The molecule has 15 heteroatoms. The van der Waals surface area contributed by atoms with Crippen LogP contribution in [-0.4, -0.2) is 100 Å². The van der Waals surface area contributed by atoms with Gasteiger partial charge in [0.05, 0.1) is 17.5 Å². The molecule has 41 heavy (non-hydrogen) atoms. The number of carbonyl (C=O) groups excluding carboxylic acids is 3. The number of fused-ring (bicyclic) bond motifs is 3. The topological polar surface area (TPSA) is 241 Å². The van der Waals surface area contributed by atoms with E-state index >= 15 is 0 Å². The Kier molecular flexibility index (Phi) is 7.54. The molecule has 0 heterocycles. The summed E-state index contributed by atoms with van der Waals surface area (Å²) in [6.07, 6.45) is 0.0884. The van der Waals surface area contributed by atoms with Gasteiger partial charge in [0, 0.05) is 31.3 Å². The van der Waals surface area contributed by atoms with Gasteiger partial charge in [0.1, 0.15) is 28.6 Å². The standard InChI is InChI=1S/C26H32ClN7O7/c1-33(2)13-7-12(31-25(30)32-14(28)8-27)19(35)16-10(13)5-9-6-11-18(34(3)4)21(37)17(24(29)40)23(39)26(11,41)22(38)15(9)20(16)36/h7,9,11,18,35-36,39,41H,5-6,8H2,1-4H3,(H2,29,40)(H4,28,30,31,32)/t9-,11-,18-,26-/m0/s1. The van der Waals surface area contributed by atoms with Crippen LogP contribution in [-0.2, 0) is 20.8 Å². The number of hydrogen-bond donors (Lipinski definition) is 7. The Bertz CT molecular complexity index is 1500. The normalized spacial score (nSPS) is 26.7. The number of aliphatic imine (C=N–C) groups is 2. The Balaban J connectivity index is 1.99. The number of anilines is 1. The zero-order chi connectivity index (χ0) is 30.7. The third-order valence-electron chi connectivity index (χ3n) is 7.79. The highest BCUT2D eigenvalue weighted by molar-refractivity contribution is 6.28. The van der Waals surface area contributed by atoms with Crippen molar-refractivity contribution in [1.29, 1.82) is 0 Å². The van der Waals surface area contributed by atoms with Crippen molar-refractivity contribution in [3.05, 3.63) is 34.1 Å². The fourth-order valence-corrected chi connectivity index (χ4v) is 6.15. The number of benzene rings is 1. The first-order chi connectivity index (χ1) is 19.1. The molecule has 0 unspecified atom stereocenters. The number of ketones is 2. The average molecular weight is 590 g/mol. The van der Waals surface area contributed by atoms with Gasteiger partial charge in [-0.25, -0.2) is 4.99 Å². The summed E-state index contributed by atoms with van der Waals surface area (Å²) >= 11 is 5.64. The van der Waals surface area contributed by atoms with Crippen LogP contribution in [0.1, 0.15) is 17.5 Å². The number of halogens is 1. The van der Waals surface area contributed by atoms with Crippen molar-refractivity contribution in [3.8, 4) is 5.75 Å². The molecule has 10 N–H and O–H groups in total. The van der Waals surface area contributed by atoms with Crippen LogP contribution in [0.3, 0.4) is 0 Å². The molecule has 1 amide bonds. The number of aliphatic hydroxyl groups excluding tert-OH is 2. The second-order valence-electron chi connectivity index (χ2n) is 10.7. The highest BCUT2D eigenvalue weighted by Gasteiger charge is 2.64. The lowest BCUT2D eigenvalue weighted by Crippen LogP contribution is -2.65. The van der Waals surface area contributed by atoms with E-state index in [0.29, 0.717) is 11.3 Å². The second kappa shape index (κ2) is 10.4. The number of guanidine groups is 1. The van der Waals surface area contributed by atoms with E-state index in [-0.39, 0.29) is 47.3 Å². The van der Waals surface area contributed by atoms with Gasteiger partial charge in [0.2, 0.25) is 11.7 Å². The third-order valence-corrected chi connectivity index (χ3v) is 8.06. The van der Waals surface area contributed by atoms with Gasteiger partial charge in [-0.2, -0.15) is 4.99 Å². The molecule has 4 rings (SSSR count). The lowest BCUT2D eigenvalue weighted by atomic mass is 9.57. The average Bonchev–Trinajstić information content (AvgIpc) is 2.87. The van der Waals surface area contributed by atoms with Crippen LogP contribution in [0.4, 0.5) is 11.4 Å². The van der Waals surface area contributed by atoms with E-state index in [1.807, 2.05) is 0 Å². The highest BCUT2D eigenvalue weighted by atomic mass is 35.5. The molecule has 0 saturated heterocycles. The molecular formula is C26H32ClN7O7. The van der Waals surface area contributed by atoms with Gasteiger partial charge in [-0.15, -0.1) is 11.6 Å². The fraction of sp³-hybridized carbons (Fsp3) is 0.423. The Morgan fingerprint density at radius 2 is 1.78 bits per heavy atom. The Morgan fingerprint density at radius 3 is 2.32 bits per heavy atom. The van der Waals surface area contributed by atoms with E-state index in [0.717, 1.165) is 0 Å². The van der Waals surface area contributed by atoms with Gasteiger partial charge < -0.3 is 42.5 Å². The molecule has 1 aromatic carbocycles. The summed E-state index contributed by atoms with van der Waals surface area (Å²) in [5, 5.41) is 45.4. The molecular weight excluding hydrogens is 558 g/mol. The van der Waals surface area contributed by atoms with E-state index < -0.39 is 63.8 Å². The largest absolute Gasteiger partial charge is 0.508 e. The number of carbonyl (C=O) groups is 3. The number of hydrogen-bond acceptors (Lipinski definition) is 10. The van der Waals surface area contributed by atoms with Crippen LogP contribution >= 0.6 is 11.6 Å². The predicted octanol–water partition coefficient (Wildman–Crippen LogP) is -0.428.